The van der Waals surface area contributed by atoms with Gasteiger partial charge in [-0.1, -0.05) is 22.0 Å². The van der Waals surface area contributed by atoms with Crippen LogP contribution in [0.3, 0.4) is 0 Å². The van der Waals surface area contributed by atoms with Gasteiger partial charge in [0.2, 0.25) is 0 Å². The molecule has 3 heteroatoms. The number of hydrogen-bond acceptors (Lipinski definition) is 2. The second-order valence-electron chi connectivity index (χ2n) is 4.29. The van der Waals surface area contributed by atoms with Gasteiger partial charge in [-0.15, -0.1) is 0 Å². The standard InChI is InChI=1S/C12H11BrO2/c13-8-3-4-9-10(6-8)15-7-12(9)5-1-2-11(12)14/h3-4,6H,1-2,5,7H2. The topological polar surface area (TPSA) is 26.3 Å². The van der Waals surface area contributed by atoms with E-state index in [9.17, 15) is 4.79 Å². The lowest BCUT2D eigenvalue weighted by Gasteiger charge is -2.18. The Morgan fingerprint density at radius 1 is 1.40 bits per heavy atom. The maximum absolute atomic E-state index is 12.0. The number of halogens is 1. The first-order valence-corrected chi connectivity index (χ1v) is 5.98. The molecule has 1 aliphatic heterocycles. The van der Waals surface area contributed by atoms with E-state index in [0.29, 0.717) is 18.8 Å². The van der Waals surface area contributed by atoms with Crippen molar-refractivity contribution >= 4 is 21.7 Å². The van der Waals surface area contributed by atoms with E-state index in [-0.39, 0.29) is 5.41 Å². The van der Waals surface area contributed by atoms with E-state index < -0.39 is 0 Å². The first-order valence-electron chi connectivity index (χ1n) is 5.18. The molecule has 1 spiro atoms. The summed E-state index contributed by atoms with van der Waals surface area (Å²) in [5.74, 6) is 1.23. The van der Waals surface area contributed by atoms with Crippen LogP contribution in [0.1, 0.15) is 24.8 Å². The average molecular weight is 267 g/mol. The van der Waals surface area contributed by atoms with Crippen LogP contribution in [0.25, 0.3) is 0 Å². The molecule has 1 unspecified atom stereocenters. The number of ether oxygens (including phenoxy) is 1. The van der Waals surface area contributed by atoms with Crippen molar-refractivity contribution < 1.29 is 9.53 Å². The Hall–Kier alpha value is -0.830. The Kier molecular flexibility index (Phi) is 1.93. The van der Waals surface area contributed by atoms with Crippen molar-refractivity contribution in [1.29, 1.82) is 0 Å². The fourth-order valence-corrected chi connectivity index (χ4v) is 3.00. The first kappa shape index (κ1) is 9.40. The first-order chi connectivity index (χ1) is 7.22. The maximum atomic E-state index is 12.0. The molecule has 1 atom stereocenters. The van der Waals surface area contributed by atoms with Crippen LogP contribution < -0.4 is 4.74 Å². The highest BCUT2D eigenvalue weighted by Gasteiger charge is 2.49. The van der Waals surface area contributed by atoms with Gasteiger partial charge in [0.1, 0.15) is 18.1 Å². The monoisotopic (exact) mass is 266 g/mol. The van der Waals surface area contributed by atoms with E-state index in [4.69, 9.17) is 4.74 Å². The minimum atomic E-state index is -0.309. The van der Waals surface area contributed by atoms with Crippen LogP contribution in [0, 0.1) is 0 Å². The molecule has 1 aromatic rings. The summed E-state index contributed by atoms with van der Waals surface area (Å²) in [6.07, 6.45) is 2.65. The van der Waals surface area contributed by atoms with Crippen LogP contribution >= 0.6 is 15.9 Å². The molecule has 0 bridgehead atoms. The summed E-state index contributed by atoms with van der Waals surface area (Å²) in [5.41, 5.74) is 0.781. The van der Waals surface area contributed by atoms with Gasteiger partial charge in [-0.3, -0.25) is 4.79 Å². The summed E-state index contributed by atoms with van der Waals surface area (Å²) in [7, 11) is 0. The molecule has 0 amide bonds. The predicted octanol–water partition coefficient (Wildman–Crippen LogP) is 2.83. The fraction of sp³-hybridized carbons (Fsp3) is 0.417. The summed E-state index contributed by atoms with van der Waals surface area (Å²) in [6.45, 7) is 0.539. The quantitative estimate of drug-likeness (QED) is 0.722. The largest absolute Gasteiger partial charge is 0.492 e. The van der Waals surface area contributed by atoms with E-state index in [2.05, 4.69) is 15.9 Å². The van der Waals surface area contributed by atoms with Crippen LogP contribution in [0.5, 0.6) is 5.75 Å². The Balaban J connectivity index is 2.15. The molecule has 1 aromatic carbocycles. The van der Waals surface area contributed by atoms with Gasteiger partial charge in [0.15, 0.2) is 0 Å². The molecule has 1 saturated carbocycles. The molecule has 0 aromatic heterocycles. The van der Waals surface area contributed by atoms with E-state index in [0.717, 1.165) is 28.6 Å². The van der Waals surface area contributed by atoms with Gasteiger partial charge in [-0.25, -0.2) is 0 Å². The van der Waals surface area contributed by atoms with Gasteiger partial charge >= 0.3 is 0 Å². The Morgan fingerprint density at radius 3 is 3.00 bits per heavy atom. The summed E-state index contributed by atoms with van der Waals surface area (Å²) >= 11 is 3.41. The normalized spacial score (nSPS) is 28.2. The number of Topliss-reactive ketones (excluding diaryl/α,β-unsaturated/α-hetero) is 1. The number of carbonyl (C=O) groups excluding carboxylic acids is 1. The molecule has 2 aliphatic rings. The number of carbonyl (C=O) groups is 1. The van der Waals surface area contributed by atoms with Gasteiger partial charge in [0.05, 0.1) is 5.41 Å². The Labute approximate surface area is 96.8 Å². The van der Waals surface area contributed by atoms with Crippen molar-refractivity contribution in [2.24, 2.45) is 0 Å². The van der Waals surface area contributed by atoms with Crippen molar-refractivity contribution in [1.82, 2.24) is 0 Å². The third kappa shape index (κ3) is 1.19. The lowest BCUT2D eigenvalue weighted by atomic mass is 9.80. The van der Waals surface area contributed by atoms with E-state index in [1.54, 1.807) is 0 Å². The van der Waals surface area contributed by atoms with Crippen LogP contribution in [0.15, 0.2) is 22.7 Å². The minimum absolute atomic E-state index is 0.309. The molecule has 1 heterocycles. The highest BCUT2D eigenvalue weighted by Crippen LogP contribution is 2.47. The highest BCUT2D eigenvalue weighted by molar-refractivity contribution is 9.10. The smallest absolute Gasteiger partial charge is 0.146 e. The Bertz CT molecular complexity index is 441. The minimum Gasteiger partial charge on any atom is -0.492 e. The molecule has 0 radical (unpaired) electrons. The van der Waals surface area contributed by atoms with Crippen molar-refractivity contribution in [2.75, 3.05) is 6.61 Å². The number of benzene rings is 1. The van der Waals surface area contributed by atoms with Gasteiger partial charge < -0.3 is 4.74 Å². The second kappa shape index (κ2) is 3.08. The summed E-state index contributed by atoms with van der Waals surface area (Å²) in [5, 5.41) is 0. The van der Waals surface area contributed by atoms with Crippen molar-refractivity contribution in [3.8, 4) is 5.75 Å². The van der Waals surface area contributed by atoms with Gasteiger partial charge in [-0.05, 0) is 25.0 Å². The predicted molar refractivity (Wildman–Crippen MR) is 60.2 cm³/mol. The highest BCUT2D eigenvalue weighted by atomic mass is 79.9. The maximum Gasteiger partial charge on any atom is 0.146 e. The zero-order valence-electron chi connectivity index (χ0n) is 8.25. The molecule has 3 rings (SSSR count). The van der Waals surface area contributed by atoms with Crippen LogP contribution in [0.2, 0.25) is 0 Å². The molecule has 0 saturated heterocycles. The molecular formula is C12H11BrO2. The Morgan fingerprint density at radius 2 is 2.27 bits per heavy atom. The van der Waals surface area contributed by atoms with Gasteiger partial charge in [0, 0.05) is 16.5 Å². The van der Waals surface area contributed by atoms with E-state index in [1.807, 2.05) is 18.2 Å². The number of rotatable bonds is 0. The molecule has 1 fully saturated rings. The lowest BCUT2D eigenvalue weighted by Crippen LogP contribution is -2.32. The lowest BCUT2D eigenvalue weighted by molar-refractivity contribution is -0.122. The van der Waals surface area contributed by atoms with Crippen LogP contribution in [0.4, 0.5) is 0 Å². The number of fused-ring (bicyclic) bond motifs is 2. The zero-order valence-corrected chi connectivity index (χ0v) is 9.84. The molecule has 2 nitrogen and oxygen atoms in total. The van der Waals surface area contributed by atoms with E-state index in [1.165, 1.54) is 0 Å². The molecule has 1 aliphatic carbocycles. The number of hydrogen-bond donors (Lipinski definition) is 0. The van der Waals surface area contributed by atoms with Gasteiger partial charge in [0.25, 0.3) is 0 Å². The SMILES string of the molecule is O=C1CCCC12COc1cc(Br)ccc12. The average Bonchev–Trinajstić information content (AvgIpc) is 2.75. The third-order valence-corrected chi connectivity index (χ3v) is 3.97. The van der Waals surface area contributed by atoms with Gasteiger partial charge in [-0.2, -0.15) is 0 Å². The summed E-state index contributed by atoms with van der Waals surface area (Å²) < 4.78 is 6.64. The zero-order chi connectivity index (χ0) is 10.5. The molecule has 0 N–H and O–H groups in total. The summed E-state index contributed by atoms with van der Waals surface area (Å²) in [4.78, 5) is 12.0. The third-order valence-electron chi connectivity index (χ3n) is 3.47. The van der Waals surface area contributed by atoms with E-state index >= 15 is 0 Å². The van der Waals surface area contributed by atoms with Crippen LogP contribution in [-0.4, -0.2) is 12.4 Å². The molecular weight excluding hydrogens is 256 g/mol. The molecule has 15 heavy (non-hydrogen) atoms. The fourth-order valence-electron chi connectivity index (χ4n) is 2.66. The summed E-state index contributed by atoms with van der Waals surface area (Å²) in [6, 6.07) is 5.96. The van der Waals surface area contributed by atoms with Crippen molar-refractivity contribution in [3.05, 3.63) is 28.2 Å². The van der Waals surface area contributed by atoms with Crippen molar-refractivity contribution in [3.63, 3.8) is 0 Å². The van der Waals surface area contributed by atoms with Crippen LogP contribution in [-0.2, 0) is 10.2 Å². The second-order valence-corrected chi connectivity index (χ2v) is 5.20. The molecule has 78 valence electrons. The number of ketones is 1. The van der Waals surface area contributed by atoms with Crippen molar-refractivity contribution in [2.45, 2.75) is 24.7 Å².